The summed E-state index contributed by atoms with van der Waals surface area (Å²) in [6.07, 6.45) is 1.55. The van der Waals surface area contributed by atoms with Gasteiger partial charge in [-0.2, -0.15) is 0 Å². The molecule has 0 spiro atoms. The van der Waals surface area contributed by atoms with Gasteiger partial charge in [-0.15, -0.1) is 11.3 Å². The quantitative estimate of drug-likeness (QED) is 0.693. The highest BCUT2D eigenvalue weighted by Gasteiger charge is 2.14. The highest BCUT2D eigenvalue weighted by Crippen LogP contribution is 2.26. The van der Waals surface area contributed by atoms with Gasteiger partial charge in [-0.3, -0.25) is 0 Å². The summed E-state index contributed by atoms with van der Waals surface area (Å²) >= 11 is 1.72. The topological polar surface area (TPSA) is 32.3 Å². The van der Waals surface area contributed by atoms with Gasteiger partial charge in [0.1, 0.15) is 18.0 Å². The zero-order valence-electron chi connectivity index (χ0n) is 13.2. The SMILES string of the molecule is CN(C)CCN(Cc1cccs1)c1ncnc2ccc(F)cc12. The van der Waals surface area contributed by atoms with E-state index in [1.54, 1.807) is 23.7 Å². The van der Waals surface area contributed by atoms with Gasteiger partial charge in [0.15, 0.2) is 0 Å². The van der Waals surface area contributed by atoms with Crippen LogP contribution in [0.25, 0.3) is 10.9 Å². The maximum Gasteiger partial charge on any atom is 0.140 e. The lowest BCUT2D eigenvalue weighted by atomic mass is 10.2. The van der Waals surface area contributed by atoms with E-state index in [9.17, 15) is 4.39 Å². The Hall–Kier alpha value is -2.05. The molecule has 0 bridgehead atoms. The van der Waals surface area contributed by atoms with Crippen LogP contribution in [0.3, 0.4) is 0 Å². The third kappa shape index (κ3) is 3.83. The van der Waals surface area contributed by atoms with Crippen molar-refractivity contribution in [2.24, 2.45) is 0 Å². The molecular formula is C17H19FN4S. The summed E-state index contributed by atoms with van der Waals surface area (Å²) < 4.78 is 13.7. The lowest BCUT2D eigenvalue weighted by Crippen LogP contribution is -2.32. The number of hydrogen-bond donors (Lipinski definition) is 0. The van der Waals surface area contributed by atoms with Crippen molar-refractivity contribution in [2.45, 2.75) is 6.54 Å². The number of likely N-dealkylation sites (N-methyl/N-ethyl adjacent to an activating group) is 1. The molecule has 0 aliphatic rings. The molecule has 0 radical (unpaired) electrons. The van der Waals surface area contributed by atoms with Crippen LogP contribution in [0.4, 0.5) is 10.2 Å². The smallest absolute Gasteiger partial charge is 0.140 e. The van der Waals surface area contributed by atoms with Gasteiger partial charge in [0.2, 0.25) is 0 Å². The molecule has 120 valence electrons. The Labute approximate surface area is 139 Å². The maximum atomic E-state index is 13.7. The lowest BCUT2D eigenvalue weighted by molar-refractivity contribution is 0.412. The Morgan fingerprint density at radius 1 is 1.13 bits per heavy atom. The largest absolute Gasteiger partial charge is 0.350 e. The first-order valence-electron chi connectivity index (χ1n) is 7.46. The Morgan fingerprint density at radius 2 is 2.00 bits per heavy atom. The minimum atomic E-state index is -0.266. The van der Waals surface area contributed by atoms with E-state index in [1.807, 2.05) is 20.2 Å². The molecule has 0 unspecified atom stereocenters. The van der Waals surface area contributed by atoms with Crippen LogP contribution in [0, 0.1) is 5.82 Å². The van der Waals surface area contributed by atoms with Crippen LogP contribution >= 0.6 is 11.3 Å². The average Bonchev–Trinajstić information content (AvgIpc) is 3.04. The molecule has 1 aromatic carbocycles. The molecule has 0 N–H and O–H groups in total. The molecule has 23 heavy (non-hydrogen) atoms. The van der Waals surface area contributed by atoms with Crippen molar-refractivity contribution in [3.63, 3.8) is 0 Å². The van der Waals surface area contributed by atoms with Crippen molar-refractivity contribution < 1.29 is 4.39 Å². The Morgan fingerprint density at radius 3 is 2.74 bits per heavy atom. The van der Waals surface area contributed by atoms with E-state index in [0.29, 0.717) is 0 Å². The molecule has 0 atom stereocenters. The second kappa shape index (κ2) is 7.02. The average molecular weight is 330 g/mol. The van der Waals surface area contributed by atoms with E-state index >= 15 is 0 Å². The Bertz CT molecular complexity index is 773. The zero-order valence-corrected chi connectivity index (χ0v) is 14.1. The molecule has 2 aromatic heterocycles. The summed E-state index contributed by atoms with van der Waals surface area (Å²) in [7, 11) is 4.09. The number of rotatable bonds is 6. The van der Waals surface area contributed by atoms with Gasteiger partial charge >= 0.3 is 0 Å². The lowest BCUT2D eigenvalue weighted by Gasteiger charge is -2.25. The molecule has 3 aromatic rings. The fourth-order valence-corrected chi connectivity index (χ4v) is 3.16. The molecule has 0 saturated heterocycles. The normalized spacial score (nSPS) is 11.3. The fourth-order valence-electron chi connectivity index (χ4n) is 2.44. The van der Waals surface area contributed by atoms with Gasteiger partial charge in [0.25, 0.3) is 0 Å². The highest BCUT2D eigenvalue weighted by atomic mass is 32.1. The first-order chi connectivity index (χ1) is 11.1. The van der Waals surface area contributed by atoms with E-state index in [-0.39, 0.29) is 5.82 Å². The monoisotopic (exact) mass is 330 g/mol. The third-order valence-electron chi connectivity index (χ3n) is 3.62. The standard InChI is InChI=1S/C17H19FN4S/c1-21(2)7-8-22(11-14-4-3-9-23-14)17-15-10-13(18)5-6-16(15)19-12-20-17/h3-6,9-10,12H,7-8,11H2,1-2H3. The third-order valence-corrected chi connectivity index (χ3v) is 4.48. The minimum Gasteiger partial charge on any atom is -0.350 e. The number of aromatic nitrogens is 2. The molecule has 0 amide bonds. The Kier molecular flexibility index (Phi) is 4.83. The van der Waals surface area contributed by atoms with Crippen molar-refractivity contribution >= 4 is 28.1 Å². The van der Waals surface area contributed by atoms with E-state index in [4.69, 9.17) is 0 Å². The van der Waals surface area contributed by atoms with Crippen molar-refractivity contribution in [1.82, 2.24) is 14.9 Å². The van der Waals surface area contributed by atoms with Crippen LogP contribution in [0.15, 0.2) is 42.0 Å². The fraction of sp³-hybridized carbons (Fsp3) is 0.294. The second-order valence-electron chi connectivity index (χ2n) is 5.66. The molecule has 4 nitrogen and oxygen atoms in total. The predicted octanol–water partition coefficient (Wildman–Crippen LogP) is 3.40. The maximum absolute atomic E-state index is 13.7. The molecule has 0 aliphatic heterocycles. The molecule has 6 heteroatoms. The van der Waals surface area contributed by atoms with Crippen molar-refractivity contribution in [1.29, 1.82) is 0 Å². The number of nitrogens with zero attached hydrogens (tertiary/aromatic N) is 4. The molecular weight excluding hydrogens is 311 g/mol. The van der Waals surface area contributed by atoms with Gasteiger partial charge in [-0.05, 0) is 43.7 Å². The number of anilines is 1. The Balaban J connectivity index is 1.99. The first kappa shape index (κ1) is 15.8. The van der Waals surface area contributed by atoms with Crippen LogP contribution in [0.1, 0.15) is 4.88 Å². The van der Waals surface area contributed by atoms with Crippen molar-refractivity contribution in [3.05, 3.63) is 52.7 Å². The molecule has 3 rings (SSSR count). The van der Waals surface area contributed by atoms with E-state index < -0.39 is 0 Å². The van der Waals surface area contributed by atoms with Crippen LogP contribution in [-0.2, 0) is 6.54 Å². The number of benzene rings is 1. The zero-order chi connectivity index (χ0) is 16.2. The number of hydrogen-bond acceptors (Lipinski definition) is 5. The van der Waals surface area contributed by atoms with E-state index in [1.165, 1.54) is 17.0 Å². The molecule has 0 fully saturated rings. The van der Waals surface area contributed by atoms with Crippen molar-refractivity contribution in [2.75, 3.05) is 32.1 Å². The molecule has 0 saturated carbocycles. The van der Waals surface area contributed by atoms with E-state index in [0.717, 1.165) is 36.4 Å². The summed E-state index contributed by atoms with van der Waals surface area (Å²) in [6, 6.07) is 8.80. The van der Waals surface area contributed by atoms with Gasteiger partial charge in [-0.25, -0.2) is 14.4 Å². The van der Waals surface area contributed by atoms with Crippen LogP contribution in [-0.4, -0.2) is 42.1 Å². The summed E-state index contributed by atoms with van der Waals surface area (Å²) in [4.78, 5) is 14.3. The summed E-state index contributed by atoms with van der Waals surface area (Å²) in [5, 5.41) is 2.82. The summed E-state index contributed by atoms with van der Waals surface area (Å²) in [5.41, 5.74) is 0.762. The second-order valence-corrected chi connectivity index (χ2v) is 6.70. The predicted molar refractivity (Wildman–Crippen MR) is 93.4 cm³/mol. The van der Waals surface area contributed by atoms with Crippen LogP contribution in [0.5, 0.6) is 0 Å². The number of thiophene rings is 1. The first-order valence-corrected chi connectivity index (χ1v) is 8.34. The van der Waals surface area contributed by atoms with Gasteiger partial charge < -0.3 is 9.80 Å². The van der Waals surface area contributed by atoms with E-state index in [2.05, 4.69) is 31.2 Å². The number of fused-ring (bicyclic) bond motifs is 1. The van der Waals surface area contributed by atoms with Crippen LogP contribution < -0.4 is 4.90 Å². The van der Waals surface area contributed by atoms with Gasteiger partial charge in [0.05, 0.1) is 12.1 Å². The van der Waals surface area contributed by atoms with Gasteiger partial charge in [-0.1, -0.05) is 6.07 Å². The van der Waals surface area contributed by atoms with Gasteiger partial charge in [0, 0.05) is 23.4 Å². The van der Waals surface area contributed by atoms with Crippen molar-refractivity contribution in [3.8, 4) is 0 Å². The molecule has 0 aliphatic carbocycles. The number of halogens is 1. The minimum absolute atomic E-state index is 0.266. The summed E-state index contributed by atoms with van der Waals surface area (Å²) in [6.45, 7) is 2.47. The molecule has 2 heterocycles. The highest BCUT2D eigenvalue weighted by molar-refractivity contribution is 7.09. The van der Waals surface area contributed by atoms with Crippen LogP contribution in [0.2, 0.25) is 0 Å². The summed E-state index contributed by atoms with van der Waals surface area (Å²) in [5.74, 6) is 0.516.